The van der Waals surface area contributed by atoms with Gasteiger partial charge in [0.15, 0.2) is 18.1 Å². The molecule has 0 bridgehead atoms. The fourth-order valence-corrected chi connectivity index (χ4v) is 3.36. The molecule has 0 aromatic heterocycles. The van der Waals surface area contributed by atoms with Crippen LogP contribution in [0.2, 0.25) is 5.02 Å². The number of hydrogen-bond acceptors (Lipinski definition) is 5. The number of carbonyl (C=O) groups is 1. The number of ether oxygens (including phenoxy) is 2. The van der Waals surface area contributed by atoms with Gasteiger partial charge in [-0.1, -0.05) is 35.9 Å². The maximum absolute atomic E-state index is 12.5. The Labute approximate surface area is 170 Å². The molecule has 0 radical (unpaired) electrons. The van der Waals surface area contributed by atoms with E-state index in [1.54, 1.807) is 18.2 Å². The normalized spacial score (nSPS) is 14.8. The SMILES string of the molecule is COc1cccc(CO)c1OCC(=O)N1CCN(Cc2ccc(Cl)cc2)CC1. The number of hydrogen-bond donors (Lipinski definition) is 1. The third kappa shape index (κ3) is 5.16. The average Bonchev–Trinajstić information content (AvgIpc) is 2.73. The van der Waals surface area contributed by atoms with Gasteiger partial charge in [-0.3, -0.25) is 9.69 Å². The van der Waals surface area contributed by atoms with E-state index in [1.807, 2.05) is 29.2 Å². The van der Waals surface area contributed by atoms with Gasteiger partial charge in [0.2, 0.25) is 0 Å². The van der Waals surface area contributed by atoms with E-state index in [9.17, 15) is 9.90 Å². The number of piperazine rings is 1. The Bertz CT molecular complexity index is 767. The molecule has 1 saturated heterocycles. The van der Waals surface area contributed by atoms with Crippen LogP contribution in [0.15, 0.2) is 42.5 Å². The molecular weight excluding hydrogens is 380 g/mol. The van der Waals surface area contributed by atoms with E-state index in [4.69, 9.17) is 21.1 Å². The van der Waals surface area contributed by atoms with Crippen LogP contribution in [0.1, 0.15) is 11.1 Å². The molecule has 0 aliphatic carbocycles. The molecule has 2 aromatic rings. The molecule has 1 heterocycles. The quantitative estimate of drug-likeness (QED) is 0.768. The molecule has 1 aliphatic rings. The van der Waals surface area contributed by atoms with Crippen molar-refractivity contribution in [2.24, 2.45) is 0 Å². The number of aliphatic hydroxyl groups excluding tert-OH is 1. The second-order valence-electron chi connectivity index (χ2n) is 6.68. The molecule has 1 fully saturated rings. The van der Waals surface area contributed by atoms with Crippen LogP contribution < -0.4 is 9.47 Å². The number of halogens is 1. The lowest BCUT2D eigenvalue weighted by Crippen LogP contribution is -2.49. The maximum Gasteiger partial charge on any atom is 0.260 e. The largest absolute Gasteiger partial charge is 0.493 e. The van der Waals surface area contributed by atoms with Crippen molar-refractivity contribution in [3.63, 3.8) is 0 Å². The molecule has 1 aliphatic heterocycles. The summed E-state index contributed by atoms with van der Waals surface area (Å²) in [5.41, 5.74) is 1.81. The predicted molar refractivity (Wildman–Crippen MR) is 108 cm³/mol. The number of aliphatic hydroxyl groups is 1. The van der Waals surface area contributed by atoms with E-state index in [1.165, 1.54) is 12.7 Å². The van der Waals surface area contributed by atoms with Crippen molar-refractivity contribution in [2.75, 3.05) is 39.9 Å². The zero-order valence-electron chi connectivity index (χ0n) is 15.9. The first-order chi connectivity index (χ1) is 13.6. The Morgan fingerprint density at radius 2 is 1.82 bits per heavy atom. The third-order valence-corrected chi connectivity index (χ3v) is 5.09. The summed E-state index contributed by atoms with van der Waals surface area (Å²) in [6.45, 7) is 3.53. The van der Waals surface area contributed by atoms with Gasteiger partial charge in [-0.2, -0.15) is 0 Å². The van der Waals surface area contributed by atoms with Gasteiger partial charge in [0.05, 0.1) is 13.7 Å². The predicted octanol–water partition coefficient (Wildman–Crippen LogP) is 2.56. The number of rotatable bonds is 7. The zero-order valence-corrected chi connectivity index (χ0v) is 16.7. The lowest BCUT2D eigenvalue weighted by Gasteiger charge is -2.34. The van der Waals surface area contributed by atoms with E-state index in [-0.39, 0.29) is 19.1 Å². The molecule has 2 aromatic carbocycles. The number of methoxy groups -OCH3 is 1. The van der Waals surface area contributed by atoms with Crippen LogP contribution in [-0.4, -0.2) is 60.7 Å². The number of carbonyl (C=O) groups excluding carboxylic acids is 1. The number of amides is 1. The fraction of sp³-hybridized carbons (Fsp3) is 0.381. The van der Waals surface area contributed by atoms with Crippen LogP contribution in [0.5, 0.6) is 11.5 Å². The van der Waals surface area contributed by atoms with Crippen LogP contribution in [0, 0.1) is 0 Å². The summed E-state index contributed by atoms with van der Waals surface area (Å²) in [7, 11) is 1.53. The lowest BCUT2D eigenvalue weighted by atomic mass is 10.2. The molecule has 7 heteroatoms. The summed E-state index contributed by atoms with van der Waals surface area (Å²) in [6, 6.07) is 13.1. The van der Waals surface area contributed by atoms with Crippen molar-refractivity contribution in [1.29, 1.82) is 0 Å². The van der Waals surface area contributed by atoms with Crippen LogP contribution in [0.3, 0.4) is 0 Å². The highest BCUT2D eigenvalue weighted by Crippen LogP contribution is 2.31. The highest BCUT2D eigenvalue weighted by Gasteiger charge is 2.22. The van der Waals surface area contributed by atoms with Crippen molar-refractivity contribution in [2.45, 2.75) is 13.2 Å². The van der Waals surface area contributed by atoms with Gasteiger partial charge in [-0.15, -0.1) is 0 Å². The molecule has 1 N–H and O–H groups in total. The van der Waals surface area contributed by atoms with E-state index in [0.717, 1.165) is 24.7 Å². The summed E-state index contributed by atoms with van der Waals surface area (Å²) in [5.74, 6) is 0.857. The first-order valence-electron chi connectivity index (χ1n) is 9.25. The summed E-state index contributed by atoms with van der Waals surface area (Å²) in [6.07, 6.45) is 0. The van der Waals surface area contributed by atoms with E-state index >= 15 is 0 Å². The van der Waals surface area contributed by atoms with Crippen molar-refractivity contribution in [1.82, 2.24) is 9.80 Å². The minimum absolute atomic E-state index is 0.0686. The lowest BCUT2D eigenvalue weighted by molar-refractivity contribution is -0.135. The minimum atomic E-state index is -0.176. The second kappa shape index (κ2) is 9.78. The summed E-state index contributed by atoms with van der Waals surface area (Å²) in [4.78, 5) is 16.7. The van der Waals surface area contributed by atoms with Crippen molar-refractivity contribution in [3.8, 4) is 11.5 Å². The van der Waals surface area contributed by atoms with Crippen LogP contribution in [0.25, 0.3) is 0 Å². The molecule has 3 rings (SSSR count). The summed E-state index contributed by atoms with van der Waals surface area (Å²) in [5, 5.41) is 10.2. The Morgan fingerprint density at radius 1 is 1.11 bits per heavy atom. The molecule has 0 unspecified atom stereocenters. The summed E-state index contributed by atoms with van der Waals surface area (Å²) >= 11 is 5.93. The van der Waals surface area contributed by atoms with Crippen LogP contribution >= 0.6 is 11.6 Å². The molecule has 28 heavy (non-hydrogen) atoms. The van der Waals surface area contributed by atoms with E-state index in [2.05, 4.69) is 4.90 Å². The van der Waals surface area contributed by atoms with Gasteiger partial charge in [-0.05, 0) is 23.8 Å². The van der Waals surface area contributed by atoms with E-state index in [0.29, 0.717) is 30.2 Å². The molecular formula is C21H25ClN2O4. The van der Waals surface area contributed by atoms with Gasteiger partial charge >= 0.3 is 0 Å². The van der Waals surface area contributed by atoms with Gasteiger partial charge in [0.25, 0.3) is 5.91 Å². The topological polar surface area (TPSA) is 62.2 Å². The van der Waals surface area contributed by atoms with Gasteiger partial charge < -0.3 is 19.5 Å². The fourth-order valence-electron chi connectivity index (χ4n) is 3.24. The molecule has 150 valence electrons. The Morgan fingerprint density at radius 3 is 2.46 bits per heavy atom. The Hall–Kier alpha value is -2.28. The molecule has 1 amide bonds. The third-order valence-electron chi connectivity index (χ3n) is 4.84. The Kier molecular flexibility index (Phi) is 7.14. The van der Waals surface area contributed by atoms with Crippen molar-refractivity contribution < 1.29 is 19.4 Å². The Balaban J connectivity index is 1.50. The molecule has 0 saturated carbocycles. The monoisotopic (exact) mass is 404 g/mol. The summed E-state index contributed by atoms with van der Waals surface area (Å²) < 4.78 is 11.0. The van der Waals surface area contributed by atoms with E-state index < -0.39 is 0 Å². The number of benzene rings is 2. The second-order valence-corrected chi connectivity index (χ2v) is 7.12. The molecule has 0 atom stereocenters. The van der Waals surface area contributed by atoms with Gasteiger partial charge in [0.1, 0.15) is 0 Å². The minimum Gasteiger partial charge on any atom is -0.493 e. The molecule has 6 nitrogen and oxygen atoms in total. The molecule has 0 spiro atoms. The maximum atomic E-state index is 12.5. The van der Waals surface area contributed by atoms with Crippen molar-refractivity contribution in [3.05, 3.63) is 58.6 Å². The average molecular weight is 405 g/mol. The standard InChI is InChI=1S/C21H25ClN2O4/c1-27-19-4-2-3-17(14-25)21(19)28-15-20(26)24-11-9-23(10-12-24)13-16-5-7-18(22)8-6-16/h2-8,25H,9-15H2,1H3. The highest BCUT2D eigenvalue weighted by atomic mass is 35.5. The highest BCUT2D eigenvalue weighted by molar-refractivity contribution is 6.30. The zero-order chi connectivity index (χ0) is 19.9. The van der Waals surface area contributed by atoms with Crippen LogP contribution in [-0.2, 0) is 17.9 Å². The number of para-hydroxylation sites is 1. The van der Waals surface area contributed by atoms with Crippen LogP contribution in [0.4, 0.5) is 0 Å². The first-order valence-corrected chi connectivity index (χ1v) is 9.62. The smallest absolute Gasteiger partial charge is 0.260 e. The van der Waals surface area contributed by atoms with Crippen molar-refractivity contribution >= 4 is 17.5 Å². The van der Waals surface area contributed by atoms with Gasteiger partial charge in [-0.25, -0.2) is 0 Å². The first kappa shape index (κ1) is 20.5. The van der Waals surface area contributed by atoms with Gasteiger partial charge in [0, 0.05) is 43.3 Å². The number of nitrogens with zero attached hydrogens (tertiary/aromatic N) is 2.